The summed E-state index contributed by atoms with van der Waals surface area (Å²) >= 11 is 0. The van der Waals surface area contributed by atoms with Crippen LogP contribution in [0.4, 0.5) is 0 Å². The number of hydrogen-bond acceptors (Lipinski definition) is 6. The van der Waals surface area contributed by atoms with Crippen molar-refractivity contribution in [3.63, 3.8) is 0 Å². The van der Waals surface area contributed by atoms with E-state index < -0.39 is 23.8 Å². The second-order valence-electron chi connectivity index (χ2n) is 9.63. The van der Waals surface area contributed by atoms with Crippen LogP contribution in [0.3, 0.4) is 0 Å². The maximum absolute atomic E-state index is 13.8. The highest BCUT2D eigenvalue weighted by atomic mass is 16.6. The summed E-state index contributed by atoms with van der Waals surface area (Å²) < 4.78 is 19.5. The minimum absolute atomic E-state index is 0.199. The summed E-state index contributed by atoms with van der Waals surface area (Å²) in [6, 6.07) is 13.3. The average Bonchev–Trinajstić information content (AvgIpc) is 2.83. The number of aryl methyl sites for hydroxylation is 1. The predicted molar refractivity (Wildman–Crippen MR) is 135 cm³/mol. The zero-order chi connectivity index (χ0) is 25.1. The summed E-state index contributed by atoms with van der Waals surface area (Å²) in [5, 5.41) is 14.4. The Kier molecular flexibility index (Phi) is 5.48. The van der Waals surface area contributed by atoms with Crippen LogP contribution in [0.2, 0.25) is 0 Å². The Morgan fingerprint density at radius 3 is 2.51 bits per heavy atom. The number of aliphatic hydroxyl groups excluding tert-OH is 1. The summed E-state index contributed by atoms with van der Waals surface area (Å²) in [5.74, 6) is 0.351. The molecule has 0 aliphatic carbocycles. The topological polar surface area (TPSA) is 87.0 Å². The van der Waals surface area contributed by atoms with Gasteiger partial charge in [0, 0.05) is 24.9 Å². The van der Waals surface area contributed by atoms with E-state index >= 15 is 0 Å². The van der Waals surface area contributed by atoms with Gasteiger partial charge in [0.15, 0.2) is 6.10 Å². The second-order valence-corrected chi connectivity index (χ2v) is 9.63. The number of carbonyl (C=O) groups excluding carboxylic acids is 1. The van der Waals surface area contributed by atoms with Crippen LogP contribution in [0.15, 0.2) is 47.3 Å². The normalized spacial score (nSPS) is 18.9. The number of carbonyl (C=O) groups is 1. The van der Waals surface area contributed by atoms with Crippen molar-refractivity contribution in [3.8, 4) is 11.5 Å². The third-order valence-corrected chi connectivity index (χ3v) is 6.87. The molecule has 1 aliphatic rings. The molecule has 182 valence electrons. The lowest BCUT2D eigenvalue weighted by Crippen LogP contribution is -2.51. The molecule has 4 aromatic rings. The highest BCUT2D eigenvalue weighted by Crippen LogP contribution is 2.47. The first kappa shape index (κ1) is 23.2. The zero-order valence-electron chi connectivity index (χ0n) is 20.5. The van der Waals surface area contributed by atoms with Gasteiger partial charge in [0.2, 0.25) is 5.43 Å². The molecule has 0 radical (unpaired) electrons. The number of fused-ring (bicyclic) bond motifs is 5. The van der Waals surface area contributed by atoms with Crippen LogP contribution < -0.4 is 14.9 Å². The Hall–Kier alpha value is -3.58. The van der Waals surface area contributed by atoms with Gasteiger partial charge >= 0.3 is 5.97 Å². The average molecular weight is 476 g/mol. The summed E-state index contributed by atoms with van der Waals surface area (Å²) in [4.78, 5) is 26.2. The predicted octanol–water partition coefficient (Wildman–Crippen LogP) is 4.77. The van der Waals surface area contributed by atoms with Crippen LogP contribution in [-0.4, -0.2) is 34.5 Å². The number of methoxy groups -OCH3 is 1. The van der Waals surface area contributed by atoms with Gasteiger partial charge in [-0.3, -0.25) is 9.59 Å². The smallest absolute Gasteiger partial charge is 0.306 e. The number of aromatic nitrogens is 1. The molecule has 0 saturated carbocycles. The van der Waals surface area contributed by atoms with Crippen LogP contribution in [0.1, 0.15) is 45.3 Å². The number of benzene rings is 3. The van der Waals surface area contributed by atoms with Crippen molar-refractivity contribution in [2.24, 2.45) is 7.05 Å². The lowest BCUT2D eigenvalue weighted by molar-refractivity contribution is -0.177. The minimum atomic E-state index is -1.20. The molecule has 2 heterocycles. The third kappa shape index (κ3) is 3.53. The minimum Gasteiger partial charge on any atom is -0.496 e. The summed E-state index contributed by atoms with van der Waals surface area (Å²) in [5.41, 5.74) is 0.416. The fraction of sp³-hybridized carbons (Fsp3) is 0.357. The van der Waals surface area contributed by atoms with E-state index in [1.165, 1.54) is 7.11 Å². The van der Waals surface area contributed by atoms with Gasteiger partial charge in [-0.25, -0.2) is 0 Å². The molecule has 5 rings (SSSR count). The van der Waals surface area contributed by atoms with E-state index in [0.717, 1.165) is 10.8 Å². The molecule has 3 aromatic carbocycles. The highest BCUT2D eigenvalue weighted by Gasteiger charge is 2.47. The molecule has 0 spiro atoms. The Balaban J connectivity index is 1.86. The number of pyridine rings is 1. The van der Waals surface area contributed by atoms with Crippen LogP contribution in [0.25, 0.3) is 32.6 Å². The van der Waals surface area contributed by atoms with Crippen molar-refractivity contribution in [2.75, 3.05) is 7.11 Å². The van der Waals surface area contributed by atoms with Crippen molar-refractivity contribution in [1.82, 2.24) is 4.57 Å². The molecular weight excluding hydrogens is 446 g/mol. The van der Waals surface area contributed by atoms with Gasteiger partial charge < -0.3 is 23.9 Å². The molecule has 0 bridgehead atoms. The zero-order valence-corrected chi connectivity index (χ0v) is 20.5. The van der Waals surface area contributed by atoms with Crippen LogP contribution in [0.5, 0.6) is 11.5 Å². The Morgan fingerprint density at radius 2 is 1.86 bits per heavy atom. The Bertz CT molecular complexity index is 1550. The number of ether oxygens (including phenoxy) is 3. The first-order valence-corrected chi connectivity index (χ1v) is 11.8. The standard InChI is InChI=1S/C28H29NO6/c1-6-9-21(30)34-27-26(32)23-20(35-28(27,2)3)14-19(33-5)22-24(23)29(4)18-13-16-11-8-7-10-15(16)12-17(18)25(22)31/h7-8,10-14,26-27,32H,6,9H2,1-5H3/t26-,27-/m1/s1. The Labute approximate surface area is 202 Å². The van der Waals surface area contributed by atoms with Gasteiger partial charge in [-0.1, -0.05) is 31.2 Å². The summed E-state index contributed by atoms with van der Waals surface area (Å²) in [6.45, 7) is 5.43. The van der Waals surface area contributed by atoms with Crippen molar-refractivity contribution in [2.45, 2.75) is 51.4 Å². The Morgan fingerprint density at radius 1 is 1.17 bits per heavy atom. The summed E-state index contributed by atoms with van der Waals surface area (Å²) in [7, 11) is 3.36. The van der Waals surface area contributed by atoms with Crippen molar-refractivity contribution in [1.29, 1.82) is 0 Å². The monoisotopic (exact) mass is 475 g/mol. The van der Waals surface area contributed by atoms with Gasteiger partial charge in [-0.15, -0.1) is 0 Å². The van der Waals surface area contributed by atoms with E-state index in [1.807, 2.05) is 54.9 Å². The molecule has 7 nitrogen and oxygen atoms in total. The number of hydrogen-bond donors (Lipinski definition) is 1. The third-order valence-electron chi connectivity index (χ3n) is 6.87. The van der Waals surface area contributed by atoms with Gasteiger partial charge in [0.25, 0.3) is 0 Å². The van der Waals surface area contributed by atoms with Crippen molar-refractivity contribution in [3.05, 3.63) is 58.3 Å². The molecule has 0 saturated heterocycles. The lowest BCUT2D eigenvalue weighted by Gasteiger charge is -2.42. The quantitative estimate of drug-likeness (QED) is 0.338. The maximum atomic E-state index is 13.8. The fourth-order valence-electron chi connectivity index (χ4n) is 5.16. The van der Waals surface area contributed by atoms with E-state index in [4.69, 9.17) is 14.2 Å². The largest absolute Gasteiger partial charge is 0.496 e. The fourth-order valence-corrected chi connectivity index (χ4v) is 5.16. The summed E-state index contributed by atoms with van der Waals surface area (Å²) in [6.07, 6.45) is -1.28. The lowest BCUT2D eigenvalue weighted by atomic mass is 9.86. The molecular formula is C28H29NO6. The van der Waals surface area contributed by atoms with Crippen LogP contribution >= 0.6 is 0 Å². The first-order valence-electron chi connectivity index (χ1n) is 11.8. The van der Waals surface area contributed by atoms with E-state index in [1.54, 1.807) is 19.9 Å². The van der Waals surface area contributed by atoms with Crippen molar-refractivity contribution >= 4 is 38.5 Å². The van der Waals surface area contributed by atoms with Crippen molar-refractivity contribution < 1.29 is 24.1 Å². The molecule has 2 atom stereocenters. The van der Waals surface area contributed by atoms with Gasteiger partial charge in [-0.2, -0.15) is 0 Å². The van der Waals surface area contributed by atoms with E-state index in [0.29, 0.717) is 45.3 Å². The number of nitrogens with zero attached hydrogens (tertiary/aromatic N) is 1. The molecule has 1 aliphatic heterocycles. The maximum Gasteiger partial charge on any atom is 0.306 e. The molecule has 1 aromatic heterocycles. The molecule has 0 unspecified atom stereocenters. The molecule has 1 N–H and O–H groups in total. The van der Waals surface area contributed by atoms with Gasteiger partial charge in [0.05, 0.1) is 29.1 Å². The van der Waals surface area contributed by atoms with E-state index in [9.17, 15) is 14.7 Å². The number of aliphatic hydroxyl groups is 1. The van der Waals surface area contributed by atoms with Gasteiger partial charge in [-0.05, 0) is 43.2 Å². The SMILES string of the molecule is CCCC(=O)O[C@@H]1[C@H](O)c2c(cc(OC)c3c(=O)c4cc5ccccc5cc4n(C)c23)OC1(C)C. The van der Waals surface area contributed by atoms with Gasteiger partial charge in [0.1, 0.15) is 23.2 Å². The molecule has 7 heteroatoms. The first-order chi connectivity index (χ1) is 16.7. The van der Waals surface area contributed by atoms with Crippen LogP contribution in [0, 0.1) is 0 Å². The number of rotatable bonds is 4. The van der Waals surface area contributed by atoms with Crippen LogP contribution in [-0.2, 0) is 16.6 Å². The number of esters is 1. The van der Waals surface area contributed by atoms with E-state index in [2.05, 4.69) is 0 Å². The van der Waals surface area contributed by atoms with E-state index in [-0.39, 0.29) is 11.8 Å². The second kappa shape index (κ2) is 8.27. The molecule has 0 fully saturated rings. The molecule has 35 heavy (non-hydrogen) atoms. The molecule has 0 amide bonds. The highest BCUT2D eigenvalue weighted by molar-refractivity contribution is 6.04.